The van der Waals surface area contributed by atoms with Crippen LogP contribution in [0.3, 0.4) is 0 Å². The van der Waals surface area contributed by atoms with Crippen LogP contribution in [0.2, 0.25) is 0 Å². The van der Waals surface area contributed by atoms with E-state index in [0.29, 0.717) is 5.92 Å². The fourth-order valence-electron chi connectivity index (χ4n) is 6.27. The Balaban J connectivity index is 1.52. The van der Waals surface area contributed by atoms with Crippen LogP contribution in [0, 0.1) is 11.8 Å². The molecule has 180 valence electrons. The highest BCUT2D eigenvalue weighted by molar-refractivity contribution is 5.97. The van der Waals surface area contributed by atoms with E-state index in [0.717, 1.165) is 61.9 Å². The molecule has 2 N–H and O–H groups in total. The molecule has 0 radical (unpaired) electrons. The van der Waals surface area contributed by atoms with E-state index in [1.54, 1.807) is 0 Å². The van der Waals surface area contributed by atoms with Crippen LogP contribution in [0.15, 0.2) is 42.5 Å². The van der Waals surface area contributed by atoms with Gasteiger partial charge < -0.3 is 15.5 Å². The van der Waals surface area contributed by atoms with Crippen molar-refractivity contribution in [2.45, 2.75) is 71.0 Å². The number of hydrogen-bond acceptors (Lipinski definition) is 3. The third-order valence-corrected chi connectivity index (χ3v) is 7.85. The summed E-state index contributed by atoms with van der Waals surface area (Å²) < 4.78 is 0. The van der Waals surface area contributed by atoms with Crippen LogP contribution in [-0.2, 0) is 17.6 Å². The van der Waals surface area contributed by atoms with Crippen molar-refractivity contribution >= 4 is 11.8 Å². The first kappa shape index (κ1) is 23.1. The van der Waals surface area contributed by atoms with Crippen molar-refractivity contribution in [3.05, 3.63) is 70.3 Å². The maximum absolute atomic E-state index is 13.7. The molecule has 4 atom stereocenters. The molecule has 2 amide bonds. The Bertz CT molecular complexity index is 1060. The summed E-state index contributed by atoms with van der Waals surface area (Å²) in [5.74, 6) is 0.837. The molecule has 2 fully saturated rings. The summed E-state index contributed by atoms with van der Waals surface area (Å²) in [5.41, 5.74) is 5.39. The molecule has 0 spiro atoms. The first-order chi connectivity index (χ1) is 16.4. The Kier molecular flexibility index (Phi) is 6.48. The zero-order chi connectivity index (χ0) is 23.8. The molecule has 2 aromatic carbocycles. The van der Waals surface area contributed by atoms with E-state index in [-0.39, 0.29) is 35.9 Å². The second-order valence-electron chi connectivity index (χ2n) is 10.8. The number of nitrogens with zero attached hydrogens (tertiary/aromatic N) is 1. The second kappa shape index (κ2) is 9.53. The Hall–Kier alpha value is -2.66. The van der Waals surface area contributed by atoms with Crippen molar-refractivity contribution in [2.24, 2.45) is 11.8 Å². The molecule has 2 aromatic rings. The number of amides is 2. The predicted octanol–water partition coefficient (Wildman–Crippen LogP) is 4.57. The van der Waals surface area contributed by atoms with Crippen LogP contribution in [0.5, 0.6) is 0 Å². The van der Waals surface area contributed by atoms with Crippen molar-refractivity contribution in [1.82, 2.24) is 15.5 Å². The number of nitrogens with one attached hydrogen (secondary N) is 2. The molecular formula is C29H37N3O2. The second-order valence-corrected chi connectivity index (χ2v) is 10.8. The standard InChI is InChI=1S/C29H37N3O2/c1-18(2)14-20-15-22-11-13-32-26(17-25-23(29(32)34)10-7-12-30-25)27(22)24(16-20)28(33)31-19(3)21-8-5-4-6-9-21/h4-6,8-9,15-16,18-19,23,25-26,30H,7,10-14,17H2,1-3H3,(H,31,33)/t19-,23?,25?,26?/m1/s1. The first-order valence-corrected chi connectivity index (χ1v) is 13.0. The van der Waals surface area contributed by atoms with Crippen molar-refractivity contribution < 1.29 is 9.59 Å². The molecule has 2 saturated heterocycles. The average molecular weight is 460 g/mol. The van der Waals surface area contributed by atoms with E-state index in [2.05, 4.69) is 41.5 Å². The lowest BCUT2D eigenvalue weighted by atomic mass is 9.75. The van der Waals surface area contributed by atoms with Crippen LogP contribution in [0.4, 0.5) is 0 Å². The molecule has 5 nitrogen and oxygen atoms in total. The fourth-order valence-corrected chi connectivity index (χ4v) is 6.27. The minimum Gasteiger partial charge on any atom is -0.346 e. The lowest BCUT2D eigenvalue weighted by molar-refractivity contribution is -0.145. The van der Waals surface area contributed by atoms with E-state index < -0.39 is 0 Å². The zero-order valence-electron chi connectivity index (χ0n) is 20.6. The van der Waals surface area contributed by atoms with E-state index in [1.165, 1.54) is 11.1 Å². The molecule has 0 bridgehead atoms. The third-order valence-electron chi connectivity index (χ3n) is 7.85. The lowest BCUT2D eigenvalue weighted by Crippen LogP contribution is -2.58. The van der Waals surface area contributed by atoms with Gasteiger partial charge in [0.25, 0.3) is 5.91 Å². The number of carbonyl (C=O) groups excluding carboxylic acids is 2. The van der Waals surface area contributed by atoms with Crippen LogP contribution >= 0.6 is 0 Å². The number of hydrogen-bond donors (Lipinski definition) is 2. The van der Waals surface area contributed by atoms with Gasteiger partial charge in [-0.2, -0.15) is 0 Å². The van der Waals surface area contributed by atoms with E-state index in [9.17, 15) is 9.59 Å². The predicted molar refractivity (Wildman–Crippen MR) is 135 cm³/mol. The minimum absolute atomic E-state index is 0.0241. The number of benzene rings is 2. The van der Waals surface area contributed by atoms with Gasteiger partial charge in [0.15, 0.2) is 0 Å². The van der Waals surface area contributed by atoms with Crippen molar-refractivity contribution in [3.63, 3.8) is 0 Å². The van der Waals surface area contributed by atoms with Crippen LogP contribution < -0.4 is 10.6 Å². The molecule has 5 heteroatoms. The van der Waals surface area contributed by atoms with Gasteiger partial charge in [-0.3, -0.25) is 9.59 Å². The summed E-state index contributed by atoms with van der Waals surface area (Å²) in [6, 6.07) is 14.6. The van der Waals surface area contributed by atoms with Gasteiger partial charge in [-0.15, -0.1) is 0 Å². The maximum Gasteiger partial charge on any atom is 0.252 e. The summed E-state index contributed by atoms with van der Waals surface area (Å²) in [6.45, 7) is 8.19. The normalized spacial score (nSPS) is 24.8. The minimum atomic E-state index is -0.0878. The molecule has 34 heavy (non-hydrogen) atoms. The molecular weight excluding hydrogens is 422 g/mol. The van der Waals surface area contributed by atoms with Gasteiger partial charge in [-0.1, -0.05) is 50.2 Å². The van der Waals surface area contributed by atoms with E-state index in [4.69, 9.17) is 0 Å². The maximum atomic E-state index is 13.7. The number of carbonyl (C=O) groups is 2. The van der Waals surface area contributed by atoms with Crippen LogP contribution in [0.1, 0.15) is 84.7 Å². The molecule has 3 unspecified atom stereocenters. The highest BCUT2D eigenvalue weighted by Gasteiger charge is 2.46. The highest BCUT2D eigenvalue weighted by Crippen LogP contribution is 2.43. The molecule has 3 aliphatic rings. The number of piperidine rings is 2. The zero-order valence-corrected chi connectivity index (χ0v) is 20.6. The molecule has 0 aliphatic carbocycles. The fraction of sp³-hybridized carbons (Fsp3) is 0.517. The molecule has 0 aromatic heterocycles. The smallest absolute Gasteiger partial charge is 0.252 e. The van der Waals surface area contributed by atoms with Gasteiger partial charge in [0.1, 0.15) is 0 Å². The molecule has 3 aliphatic heterocycles. The largest absolute Gasteiger partial charge is 0.346 e. The monoisotopic (exact) mass is 459 g/mol. The third kappa shape index (κ3) is 4.38. The van der Waals surface area contributed by atoms with Gasteiger partial charge >= 0.3 is 0 Å². The molecule has 5 rings (SSSR count). The topological polar surface area (TPSA) is 61.4 Å². The van der Waals surface area contributed by atoms with Crippen LogP contribution in [0.25, 0.3) is 0 Å². The Morgan fingerprint density at radius 3 is 2.74 bits per heavy atom. The van der Waals surface area contributed by atoms with Crippen molar-refractivity contribution in [1.29, 1.82) is 0 Å². The summed E-state index contributed by atoms with van der Waals surface area (Å²) in [7, 11) is 0. The first-order valence-electron chi connectivity index (χ1n) is 13.0. The summed E-state index contributed by atoms with van der Waals surface area (Å²) >= 11 is 0. The average Bonchev–Trinajstić information content (AvgIpc) is 2.83. The van der Waals surface area contributed by atoms with Gasteiger partial charge in [0.2, 0.25) is 5.91 Å². The van der Waals surface area contributed by atoms with Gasteiger partial charge in [0.05, 0.1) is 18.0 Å². The number of rotatable bonds is 5. The van der Waals surface area contributed by atoms with Crippen LogP contribution in [-0.4, -0.2) is 35.8 Å². The van der Waals surface area contributed by atoms with Gasteiger partial charge in [0, 0.05) is 18.2 Å². The lowest BCUT2D eigenvalue weighted by Gasteiger charge is -2.49. The van der Waals surface area contributed by atoms with Gasteiger partial charge in [-0.05, 0) is 79.8 Å². The highest BCUT2D eigenvalue weighted by atomic mass is 16.2. The number of fused-ring (bicyclic) bond motifs is 4. The Morgan fingerprint density at radius 2 is 1.97 bits per heavy atom. The summed E-state index contributed by atoms with van der Waals surface area (Å²) in [5, 5.41) is 6.86. The SMILES string of the molecule is CC(C)Cc1cc2c(c(C(=O)N[C@H](C)c3ccccc3)c1)C1CC3NCCCC3C(=O)N1CC2. The van der Waals surface area contributed by atoms with Crippen molar-refractivity contribution in [3.8, 4) is 0 Å². The van der Waals surface area contributed by atoms with E-state index >= 15 is 0 Å². The van der Waals surface area contributed by atoms with Crippen molar-refractivity contribution in [2.75, 3.05) is 13.1 Å². The Labute approximate surface area is 203 Å². The summed E-state index contributed by atoms with van der Waals surface area (Å²) in [4.78, 5) is 29.3. The van der Waals surface area contributed by atoms with E-state index in [1.807, 2.05) is 37.3 Å². The molecule has 0 saturated carbocycles. The summed E-state index contributed by atoms with van der Waals surface area (Å²) in [6.07, 6.45) is 4.69. The quantitative estimate of drug-likeness (QED) is 0.688. The van der Waals surface area contributed by atoms with Gasteiger partial charge in [-0.25, -0.2) is 0 Å². The Morgan fingerprint density at radius 1 is 1.18 bits per heavy atom. The molecule has 3 heterocycles.